The summed E-state index contributed by atoms with van der Waals surface area (Å²) in [5.74, 6) is 0.392. The van der Waals surface area contributed by atoms with Gasteiger partial charge in [-0.3, -0.25) is 0 Å². The van der Waals surface area contributed by atoms with Gasteiger partial charge in [-0.1, -0.05) is 30.3 Å². The Bertz CT molecular complexity index is 467. The predicted octanol–water partition coefficient (Wildman–Crippen LogP) is 2.81. The zero-order valence-electron chi connectivity index (χ0n) is 13.2. The van der Waals surface area contributed by atoms with Gasteiger partial charge >= 0.3 is 6.09 Å². The molecule has 21 heavy (non-hydrogen) atoms. The van der Waals surface area contributed by atoms with Crippen molar-refractivity contribution in [2.24, 2.45) is 11.7 Å². The summed E-state index contributed by atoms with van der Waals surface area (Å²) in [5, 5.41) is 0. The van der Waals surface area contributed by atoms with E-state index < -0.39 is 5.60 Å². The summed E-state index contributed by atoms with van der Waals surface area (Å²) < 4.78 is 5.46. The van der Waals surface area contributed by atoms with E-state index in [2.05, 4.69) is 12.1 Å². The molecule has 1 fully saturated rings. The Morgan fingerprint density at radius 2 is 1.95 bits per heavy atom. The summed E-state index contributed by atoms with van der Waals surface area (Å²) in [6.45, 7) is 6.96. The lowest BCUT2D eigenvalue weighted by Gasteiger charge is -2.37. The Hall–Kier alpha value is -1.55. The fraction of sp³-hybridized carbons (Fsp3) is 0.588. The van der Waals surface area contributed by atoms with Crippen molar-refractivity contribution in [1.82, 2.24) is 4.90 Å². The van der Waals surface area contributed by atoms with Crippen LogP contribution in [-0.4, -0.2) is 35.7 Å². The smallest absolute Gasteiger partial charge is 0.410 e. The highest BCUT2D eigenvalue weighted by atomic mass is 16.6. The van der Waals surface area contributed by atoms with Crippen LogP contribution in [0.15, 0.2) is 30.3 Å². The number of piperidine rings is 1. The summed E-state index contributed by atoms with van der Waals surface area (Å²) >= 11 is 0. The van der Waals surface area contributed by atoms with Crippen molar-refractivity contribution in [3.8, 4) is 0 Å². The number of hydrogen-bond acceptors (Lipinski definition) is 3. The van der Waals surface area contributed by atoms with Crippen LogP contribution in [0.5, 0.6) is 0 Å². The third-order valence-corrected chi connectivity index (χ3v) is 3.59. The average molecular weight is 290 g/mol. The maximum absolute atomic E-state index is 12.2. The third-order valence-electron chi connectivity index (χ3n) is 3.59. The predicted molar refractivity (Wildman–Crippen MR) is 84.0 cm³/mol. The molecule has 1 aromatic rings. The minimum Gasteiger partial charge on any atom is -0.444 e. The fourth-order valence-electron chi connectivity index (χ4n) is 2.82. The highest BCUT2D eigenvalue weighted by molar-refractivity contribution is 5.68. The third kappa shape index (κ3) is 5.05. The summed E-state index contributed by atoms with van der Waals surface area (Å²) in [4.78, 5) is 14.0. The van der Waals surface area contributed by atoms with Crippen molar-refractivity contribution < 1.29 is 9.53 Å². The van der Waals surface area contributed by atoms with Crippen molar-refractivity contribution in [3.63, 3.8) is 0 Å². The van der Waals surface area contributed by atoms with E-state index in [-0.39, 0.29) is 12.1 Å². The van der Waals surface area contributed by atoms with Crippen molar-refractivity contribution in [2.75, 3.05) is 13.1 Å². The maximum Gasteiger partial charge on any atom is 0.410 e. The molecule has 0 spiro atoms. The van der Waals surface area contributed by atoms with E-state index >= 15 is 0 Å². The Balaban J connectivity index is 1.97. The average Bonchev–Trinajstić information content (AvgIpc) is 2.37. The van der Waals surface area contributed by atoms with Crippen LogP contribution in [0.1, 0.15) is 32.8 Å². The fourth-order valence-corrected chi connectivity index (χ4v) is 2.82. The Labute approximate surface area is 127 Å². The van der Waals surface area contributed by atoms with E-state index in [1.807, 2.05) is 39.0 Å². The SMILES string of the molecule is CC(C)(C)OC(=O)N1CC(N)CC(Cc2ccccc2)C1. The van der Waals surface area contributed by atoms with Crippen molar-refractivity contribution in [3.05, 3.63) is 35.9 Å². The van der Waals surface area contributed by atoms with Crippen LogP contribution in [0.3, 0.4) is 0 Å². The van der Waals surface area contributed by atoms with Gasteiger partial charge in [0.05, 0.1) is 0 Å². The molecule has 1 aliphatic rings. The van der Waals surface area contributed by atoms with Gasteiger partial charge in [-0.05, 0) is 45.1 Å². The van der Waals surface area contributed by atoms with E-state index in [1.165, 1.54) is 5.56 Å². The number of hydrogen-bond donors (Lipinski definition) is 1. The molecule has 4 nitrogen and oxygen atoms in total. The molecule has 0 radical (unpaired) electrons. The van der Waals surface area contributed by atoms with Gasteiger partial charge < -0.3 is 15.4 Å². The van der Waals surface area contributed by atoms with Gasteiger partial charge in [-0.25, -0.2) is 4.79 Å². The number of rotatable bonds is 2. The first-order valence-electron chi connectivity index (χ1n) is 7.61. The molecule has 0 aliphatic carbocycles. The van der Waals surface area contributed by atoms with E-state index in [4.69, 9.17) is 10.5 Å². The second-order valence-corrected chi connectivity index (χ2v) is 6.94. The minimum absolute atomic E-state index is 0.0278. The lowest BCUT2D eigenvalue weighted by Crippen LogP contribution is -2.51. The monoisotopic (exact) mass is 290 g/mol. The highest BCUT2D eigenvalue weighted by Crippen LogP contribution is 2.22. The van der Waals surface area contributed by atoms with E-state index in [0.29, 0.717) is 12.5 Å². The van der Waals surface area contributed by atoms with Gasteiger partial charge in [0.25, 0.3) is 0 Å². The molecule has 0 saturated carbocycles. The van der Waals surface area contributed by atoms with Crippen LogP contribution in [0, 0.1) is 5.92 Å². The normalized spacial score (nSPS) is 23.0. The molecule has 116 valence electrons. The van der Waals surface area contributed by atoms with Gasteiger partial charge in [0.15, 0.2) is 0 Å². The Morgan fingerprint density at radius 1 is 1.29 bits per heavy atom. The second-order valence-electron chi connectivity index (χ2n) is 6.94. The molecule has 0 aromatic heterocycles. The van der Waals surface area contributed by atoms with E-state index in [1.54, 1.807) is 4.90 Å². The molecule has 4 heteroatoms. The molecule has 1 aliphatic heterocycles. The highest BCUT2D eigenvalue weighted by Gasteiger charge is 2.30. The van der Waals surface area contributed by atoms with Crippen LogP contribution in [-0.2, 0) is 11.2 Å². The topological polar surface area (TPSA) is 55.6 Å². The molecular weight excluding hydrogens is 264 g/mol. The number of likely N-dealkylation sites (tertiary alicyclic amines) is 1. The van der Waals surface area contributed by atoms with Gasteiger partial charge in [-0.15, -0.1) is 0 Å². The zero-order chi connectivity index (χ0) is 15.5. The molecule has 1 amide bonds. The van der Waals surface area contributed by atoms with Gasteiger partial charge in [-0.2, -0.15) is 0 Å². The van der Waals surface area contributed by atoms with Crippen LogP contribution >= 0.6 is 0 Å². The summed E-state index contributed by atoms with van der Waals surface area (Å²) in [5.41, 5.74) is 6.95. The van der Waals surface area contributed by atoms with E-state index in [0.717, 1.165) is 19.4 Å². The maximum atomic E-state index is 12.2. The van der Waals surface area contributed by atoms with Crippen LogP contribution in [0.2, 0.25) is 0 Å². The van der Waals surface area contributed by atoms with Gasteiger partial charge in [0, 0.05) is 19.1 Å². The zero-order valence-corrected chi connectivity index (χ0v) is 13.2. The van der Waals surface area contributed by atoms with E-state index in [9.17, 15) is 4.79 Å². The lowest BCUT2D eigenvalue weighted by molar-refractivity contribution is 0.0145. The minimum atomic E-state index is -0.465. The summed E-state index contributed by atoms with van der Waals surface area (Å²) in [7, 11) is 0. The summed E-state index contributed by atoms with van der Waals surface area (Å²) in [6.07, 6.45) is 1.65. The molecule has 2 atom stereocenters. The first-order chi connectivity index (χ1) is 9.83. The molecule has 2 N–H and O–H groups in total. The van der Waals surface area contributed by atoms with Crippen molar-refractivity contribution >= 4 is 6.09 Å². The van der Waals surface area contributed by atoms with Crippen molar-refractivity contribution in [1.29, 1.82) is 0 Å². The molecule has 2 rings (SSSR count). The number of nitrogens with two attached hydrogens (primary N) is 1. The number of nitrogens with zero attached hydrogens (tertiary/aromatic N) is 1. The summed E-state index contributed by atoms with van der Waals surface area (Å²) in [6, 6.07) is 10.4. The second kappa shape index (κ2) is 6.48. The first kappa shape index (κ1) is 15.8. The first-order valence-corrected chi connectivity index (χ1v) is 7.61. The molecule has 0 bridgehead atoms. The molecule has 1 aromatic carbocycles. The number of carbonyl (C=O) groups is 1. The standard InChI is InChI=1S/C17H26N2O2/c1-17(2,3)21-16(20)19-11-14(10-15(18)12-19)9-13-7-5-4-6-8-13/h4-8,14-15H,9-12,18H2,1-3H3. The quantitative estimate of drug-likeness (QED) is 0.911. The van der Waals surface area contributed by atoms with Crippen LogP contribution < -0.4 is 5.73 Å². The number of carbonyl (C=O) groups excluding carboxylic acids is 1. The molecule has 1 saturated heterocycles. The van der Waals surface area contributed by atoms with Gasteiger partial charge in [0.2, 0.25) is 0 Å². The Kier molecular flexibility index (Phi) is 4.88. The molecule has 1 heterocycles. The molecule has 2 unspecified atom stereocenters. The van der Waals surface area contributed by atoms with Crippen molar-refractivity contribution in [2.45, 2.75) is 45.3 Å². The van der Waals surface area contributed by atoms with Crippen LogP contribution in [0.25, 0.3) is 0 Å². The number of amides is 1. The van der Waals surface area contributed by atoms with Gasteiger partial charge in [0.1, 0.15) is 5.60 Å². The van der Waals surface area contributed by atoms with Crippen LogP contribution in [0.4, 0.5) is 4.79 Å². The number of ether oxygens (including phenoxy) is 1. The molecular formula is C17H26N2O2. The number of benzene rings is 1. The lowest BCUT2D eigenvalue weighted by atomic mass is 9.89. The largest absolute Gasteiger partial charge is 0.444 e. The Morgan fingerprint density at radius 3 is 2.57 bits per heavy atom.